The molecule has 0 aromatic heterocycles. The van der Waals surface area contributed by atoms with Gasteiger partial charge in [-0.25, -0.2) is 0 Å². The summed E-state index contributed by atoms with van der Waals surface area (Å²) >= 11 is 0. The predicted octanol–water partition coefficient (Wildman–Crippen LogP) is 4.30. The maximum absolute atomic E-state index is 5.25. The number of aryl methyl sites for hydroxylation is 1. The van der Waals surface area contributed by atoms with E-state index < -0.39 is 7.32 Å². The Hall–Kier alpha value is -1.24. The third kappa shape index (κ3) is 10.5. The first-order chi connectivity index (χ1) is 11.6. The van der Waals surface area contributed by atoms with Crippen molar-refractivity contribution in [2.45, 2.75) is 47.5 Å². The molecule has 1 aromatic rings. The number of hydrogen-bond acceptors (Lipinski definition) is 5. The van der Waals surface area contributed by atoms with E-state index in [1.165, 1.54) is 18.4 Å². The maximum Gasteiger partial charge on any atom is 0.639 e. The van der Waals surface area contributed by atoms with Gasteiger partial charge in [-0.3, -0.25) is 0 Å². The molecule has 1 aromatic carbocycles. The molecule has 0 aliphatic carbocycles. The van der Waals surface area contributed by atoms with Gasteiger partial charge in [-0.1, -0.05) is 19.4 Å². The van der Waals surface area contributed by atoms with Crippen molar-refractivity contribution in [1.82, 2.24) is 0 Å². The van der Waals surface area contributed by atoms with Crippen LogP contribution in [0.4, 0.5) is 5.69 Å². The Morgan fingerprint density at radius 3 is 2.00 bits per heavy atom. The fourth-order valence-electron chi connectivity index (χ4n) is 1.89. The number of methoxy groups -OCH3 is 1. The first-order valence-electron chi connectivity index (χ1n) is 8.86. The predicted molar refractivity (Wildman–Crippen MR) is 102 cm³/mol. The van der Waals surface area contributed by atoms with E-state index in [1.54, 1.807) is 7.11 Å². The smallest absolute Gasteiger partial charge is 0.496 e. The molecule has 6 heteroatoms. The highest BCUT2D eigenvalue weighted by Crippen LogP contribution is 2.21. The third-order valence-corrected chi connectivity index (χ3v) is 3.18. The molecular formula is C18H34BNO4. The van der Waals surface area contributed by atoms with Crippen LogP contribution in [-0.2, 0) is 14.0 Å². The van der Waals surface area contributed by atoms with Crippen LogP contribution in [0.25, 0.3) is 0 Å². The number of anilines is 1. The van der Waals surface area contributed by atoms with Crippen LogP contribution in [0.1, 0.15) is 46.1 Å². The molecule has 0 amide bonds. The van der Waals surface area contributed by atoms with Crippen LogP contribution in [0.3, 0.4) is 0 Å². The number of ether oxygens (including phenoxy) is 1. The average Bonchev–Trinajstić information content (AvgIpc) is 2.58. The molecule has 0 spiro atoms. The Balaban J connectivity index is 0.000000470. The molecule has 0 heterocycles. The van der Waals surface area contributed by atoms with Gasteiger partial charge in [0.25, 0.3) is 0 Å². The van der Waals surface area contributed by atoms with Crippen LogP contribution in [-0.4, -0.2) is 40.8 Å². The summed E-state index contributed by atoms with van der Waals surface area (Å²) in [6, 6.07) is 6.21. The molecule has 24 heavy (non-hydrogen) atoms. The molecule has 0 aliphatic heterocycles. The zero-order valence-electron chi connectivity index (χ0n) is 16.2. The number of benzene rings is 1. The Morgan fingerprint density at radius 2 is 1.54 bits per heavy atom. The minimum atomic E-state index is -0.472. The van der Waals surface area contributed by atoms with Crippen LogP contribution in [0.15, 0.2) is 18.2 Å². The highest BCUT2D eigenvalue weighted by atomic mass is 16.7. The summed E-state index contributed by atoms with van der Waals surface area (Å²) in [6.45, 7) is 12.8. The number of unbranched alkanes of at least 4 members (excludes halogenated alkanes) is 1. The molecule has 0 unspecified atom stereocenters. The molecule has 0 saturated heterocycles. The zero-order valence-corrected chi connectivity index (χ0v) is 16.2. The lowest BCUT2D eigenvalue weighted by molar-refractivity contribution is 0.107. The van der Waals surface area contributed by atoms with E-state index in [0.29, 0.717) is 19.8 Å². The van der Waals surface area contributed by atoms with Crippen molar-refractivity contribution in [2.75, 3.05) is 38.8 Å². The second-order valence-electron chi connectivity index (χ2n) is 5.12. The minimum absolute atomic E-state index is 0.472. The molecule has 0 saturated carbocycles. The fourth-order valence-corrected chi connectivity index (χ4v) is 1.89. The highest BCUT2D eigenvalue weighted by molar-refractivity contribution is 6.36. The van der Waals surface area contributed by atoms with Crippen molar-refractivity contribution < 1.29 is 18.7 Å². The topological polar surface area (TPSA) is 49.0 Å². The summed E-state index contributed by atoms with van der Waals surface area (Å²) in [4.78, 5) is 0. The quantitative estimate of drug-likeness (QED) is 0.481. The molecule has 1 N–H and O–H groups in total. The third-order valence-electron chi connectivity index (χ3n) is 3.18. The average molecular weight is 339 g/mol. The summed E-state index contributed by atoms with van der Waals surface area (Å²) in [6.07, 6.45) is 2.42. The highest BCUT2D eigenvalue weighted by Gasteiger charge is 2.17. The second-order valence-corrected chi connectivity index (χ2v) is 5.12. The lowest BCUT2D eigenvalue weighted by Gasteiger charge is -2.09. The summed E-state index contributed by atoms with van der Waals surface area (Å²) < 4.78 is 20.5. The van der Waals surface area contributed by atoms with E-state index in [2.05, 4.69) is 31.3 Å². The van der Waals surface area contributed by atoms with Gasteiger partial charge in [0.1, 0.15) is 5.75 Å². The van der Waals surface area contributed by atoms with Crippen molar-refractivity contribution in [2.24, 2.45) is 0 Å². The Labute approximate surface area is 148 Å². The van der Waals surface area contributed by atoms with Crippen molar-refractivity contribution in [3.8, 4) is 5.75 Å². The second kappa shape index (κ2) is 15.3. The maximum atomic E-state index is 5.25. The summed E-state index contributed by atoms with van der Waals surface area (Å²) in [7, 11) is 1.23. The van der Waals surface area contributed by atoms with Gasteiger partial charge in [0.15, 0.2) is 0 Å². The van der Waals surface area contributed by atoms with Gasteiger partial charge in [0.05, 0.1) is 7.11 Å². The molecule has 0 aliphatic rings. The van der Waals surface area contributed by atoms with E-state index in [0.717, 1.165) is 18.0 Å². The summed E-state index contributed by atoms with van der Waals surface area (Å²) in [5, 5.41) is 3.37. The molecule has 1 rings (SSSR count). The molecule has 0 fully saturated rings. The molecule has 138 valence electrons. The molecule has 0 atom stereocenters. The lowest BCUT2D eigenvalue weighted by atomic mass is 10.2. The van der Waals surface area contributed by atoms with Gasteiger partial charge in [-0.05, 0) is 45.7 Å². The van der Waals surface area contributed by atoms with Crippen LogP contribution in [0.2, 0.25) is 0 Å². The van der Waals surface area contributed by atoms with E-state index >= 15 is 0 Å². The van der Waals surface area contributed by atoms with Crippen LogP contribution in [0.5, 0.6) is 5.75 Å². The number of nitrogens with one attached hydrogen (secondary N) is 1. The molecular weight excluding hydrogens is 305 g/mol. The molecule has 0 radical (unpaired) electrons. The normalized spacial score (nSPS) is 9.92. The summed E-state index contributed by atoms with van der Waals surface area (Å²) in [5.74, 6) is 0.950. The monoisotopic (exact) mass is 339 g/mol. The van der Waals surface area contributed by atoms with Gasteiger partial charge in [0, 0.05) is 38.1 Å². The number of rotatable bonds is 11. The molecule has 0 bridgehead atoms. The van der Waals surface area contributed by atoms with Gasteiger partial charge >= 0.3 is 7.32 Å². The fraction of sp³-hybridized carbons (Fsp3) is 0.667. The first-order valence-corrected chi connectivity index (χ1v) is 8.86. The van der Waals surface area contributed by atoms with Crippen molar-refractivity contribution >= 4 is 13.0 Å². The van der Waals surface area contributed by atoms with Crippen molar-refractivity contribution in [3.63, 3.8) is 0 Å². The summed E-state index contributed by atoms with van der Waals surface area (Å²) in [5.41, 5.74) is 2.31. The molecule has 5 nitrogen and oxygen atoms in total. The van der Waals surface area contributed by atoms with Gasteiger partial charge in [-0.2, -0.15) is 0 Å². The van der Waals surface area contributed by atoms with Crippen molar-refractivity contribution in [3.05, 3.63) is 23.8 Å². The van der Waals surface area contributed by atoms with Gasteiger partial charge in [0.2, 0.25) is 0 Å². The van der Waals surface area contributed by atoms with Gasteiger partial charge < -0.3 is 24.0 Å². The van der Waals surface area contributed by atoms with Crippen LogP contribution >= 0.6 is 0 Å². The van der Waals surface area contributed by atoms with E-state index in [-0.39, 0.29) is 0 Å². The van der Waals surface area contributed by atoms with Gasteiger partial charge in [-0.15, -0.1) is 0 Å². The lowest BCUT2D eigenvalue weighted by Crippen LogP contribution is -2.27. The Morgan fingerprint density at radius 1 is 0.958 bits per heavy atom. The SMILES string of the molecule is CCCCNc1ccc(C)c(OC)c1.CCOB(OCC)OCC. The largest absolute Gasteiger partial charge is 0.639 e. The first kappa shape index (κ1) is 22.8. The number of hydrogen-bond donors (Lipinski definition) is 1. The van der Waals surface area contributed by atoms with E-state index in [1.807, 2.05) is 26.8 Å². The minimum Gasteiger partial charge on any atom is -0.496 e. The van der Waals surface area contributed by atoms with Crippen LogP contribution in [0, 0.1) is 6.92 Å². The van der Waals surface area contributed by atoms with Crippen molar-refractivity contribution in [1.29, 1.82) is 0 Å². The van der Waals surface area contributed by atoms with E-state index in [9.17, 15) is 0 Å². The van der Waals surface area contributed by atoms with E-state index in [4.69, 9.17) is 18.7 Å². The standard InChI is InChI=1S/C12H19NO.C6H15BO3/c1-4-5-8-13-11-7-6-10(2)12(9-11)14-3;1-4-8-7(9-5-2)10-6-3/h6-7,9,13H,4-5,8H2,1-3H3;4-6H2,1-3H3. The zero-order chi connectivity index (χ0) is 18.2. The Bertz CT molecular complexity index is 404. The Kier molecular flexibility index (Phi) is 14.5. The van der Waals surface area contributed by atoms with Crippen LogP contribution < -0.4 is 10.1 Å².